The van der Waals surface area contributed by atoms with Crippen molar-refractivity contribution in [3.63, 3.8) is 0 Å². The Morgan fingerprint density at radius 2 is 1.97 bits per heavy atom. The Morgan fingerprint density at radius 3 is 2.69 bits per heavy atom. The summed E-state index contributed by atoms with van der Waals surface area (Å²) in [5.74, 6) is 2.26. The van der Waals surface area contributed by atoms with Crippen molar-refractivity contribution in [1.29, 1.82) is 0 Å². The normalized spacial score (nSPS) is 37.2. The van der Waals surface area contributed by atoms with Gasteiger partial charge in [-0.25, -0.2) is 0 Å². The number of hydrogen-bond acceptors (Lipinski definition) is 2. The van der Waals surface area contributed by atoms with Crippen molar-refractivity contribution in [1.82, 2.24) is 0 Å². The predicted octanol–water partition coefficient (Wildman–Crippen LogP) is 6.73. The zero-order chi connectivity index (χ0) is 21.2. The summed E-state index contributed by atoms with van der Waals surface area (Å²) in [5, 5.41) is 20.1. The summed E-state index contributed by atoms with van der Waals surface area (Å²) >= 11 is 0. The first kappa shape index (κ1) is 22.8. The van der Waals surface area contributed by atoms with E-state index in [0.717, 1.165) is 49.9 Å². The fraction of sp³-hybridized carbons (Fsp3) is 0.778. The molecule has 29 heavy (non-hydrogen) atoms. The smallest absolute Gasteiger partial charge is 0.0591 e. The summed E-state index contributed by atoms with van der Waals surface area (Å²) in [6.07, 6.45) is 16.9. The minimum absolute atomic E-state index is 0.192. The summed E-state index contributed by atoms with van der Waals surface area (Å²) in [6.45, 7) is 13.1. The Morgan fingerprint density at radius 1 is 1.21 bits per heavy atom. The highest BCUT2D eigenvalue weighted by atomic mass is 16.3. The molecule has 0 amide bonds. The third-order valence-electron chi connectivity index (χ3n) is 8.36. The summed E-state index contributed by atoms with van der Waals surface area (Å²) < 4.78 is 0. The van der Waals surface area contributed by atoms with Crippen LogP contribution in [0.15, 0.2) is 35.5 Å². The Kier molecular flexibility index (Phi) is 7.16. The Balaban J connectivity index is 1.68. The molecule has 0 aromatic carbocycles. The number of rotatable bonds is 6. The van der Waals surface area contributed by atoms with E-state index in [1.54, 1.807) is 5.57 Å². The van der Waals surface area contributed by atoms with Crippen molar-refractivity contribution in [2.45, 2.75) is 110 Å². The molecular formula is C27H44O2. The molecule has 2 heteroatoms. The zero-order valence-corrected chi connectivity index (χ0v) is 19.3. The van der Waals surface area contributed by atoms with Crippen LogP contribution < -0.4 is 0 Å². The highest BCUT2D eigenvalue weighted by Crippen LogP contribution is 2.60. The lowest BCUT2D eigenvalue weighted by Gasteiger charge is -2.44. The van der Waals surface area contributed by atoms with E-state index >= 15 is 0 Å². The fourth-order valence-electron chi connectivity index (χ4n) is 6.67. The largest absolute Gasteiger partial charge is 0.393 e. The molecule has 0 radical (unpaired) electrons. The van der Waals surface area contributed by atoms with Crippen LogP contribution in [0.2, 0.25) is 0 Å². The van der Waals surface area contributed by atoms with E-state index in [1.807, 2.05) is 13.8 Å². The van der Waals surface area contributed by atoms with Gasteiger partial charge in [0, 0.05) is 0 Å². The first-order valence-electron chi connectivity index (χ1n) is 12.1. The maximum absolute atomic E-state index is 10.0. The number of hydrogen-bond donors (Lipinski definition) is 2. The molecule has 0 aromatic heterocycles. The zero-order valence-electron chi connectivity index (χ0n) is 19.3. The maximum atomic E-state index is 10.0. The summed E-state index contributed by atoms with van der Waals surface area (Å²) in [7, 11) is 0. The lowest BCUT2D eigenvalue weighted by Crippen LogP contribution is -2.36. The van der Waals surface area contributed by atoms with Gasteiger partial charge < -0.3 is 10.2 Å². The van der Waals surface area contributed by atoms with Gasteiger partial charge in [0.2, 0.25) is 0 Å². The molecule has 0 aromatic rings. The number of allylic oxidation sites excluding steroid dienone is 4. The number of fused-ring (bicyclic) bond motifs is 1. The van der Waals surface area contributed by atoms with E-state index in [0.29, 0.717) is 5.41 Å². The molecular weight excluding hydrogens is 356 g/mol. The van der Waals surface area contributed by atoms with Gasteiger partial charge in [-0.1, -0.05) is 56.6 Å². The van der Waals surface area contributed by atoms with Crippen LogP contribution in [-0.2, 0) is 0 Å². The average molecular weight is 401 g/mol. The molecule has 0 aliphatic heterocycles. The van der Waals surface area contributed by atoms with E-state index in [2.05, 4.69) is 32.6 Å². The number of aliphatic hydroxyl groups excluding tert-OH is 1. The average Bonchev–Trinajstić information content (AvgIpc) is 2.99. The third kappa shape index (κ3) is 5.44. The highest BCUT2D eigenvalue weighted by molar-refractivity contribution is 5.36. The van der Waals surface area contributed by atoms with E-state index < -0.39 is 5.60 Å². The van der Waals surface area contributed by atoms with Gasteiger partial charge in [-0.3, -0.25) is 0 Å². The van der Waals surface area contributed by atoms with E-state index in [9.17, 15) is 10.2 Å². The summed E-state index contributed by atoms with van der Waals surface area (Å²) in [6, 6.07) is 0. The molecule has 164 valence electrons. The van der Waals surface area contributed by atoms with Crippen molar-refractivity contribution < 1.29 is 10.2 Å². The standard InChI is InChI=1S/C27H44O2/c1-19-10-13-23(28)18-22(19)12-11-21-9-7-17-27(5)24(14-15-25(21)27)20(2)8-6-16-26(3,4)29/h11-12,20,23-25,28-29H,1,6-10,13-18H2,2-5H3/b21-11?,22-12-/t20-,23-,24+,25?,27+/m0/s1. The molecule has 1 unspecified atom stereocenters. The van der Waals surface area contributed by atoms with Gasteiger partial charge in [0.05, 0.1) is 11.7 Å². The molecule has 3 aliphatic rings. The van der Waals surface area contributed by atoms with E-state index in [1.165, 1.54) is 49.7 Å². The molecule has 3 rings (SSSR count). The molecule has 3 fully saturated rings. The van der Waals surface area contributed by atoms with E-state index in [-0.39, 0.29) is 6.10 Å². The van der Waals surface area contributed by atoms with Gasteiger partial charge in [0.1, 0.15) is 0 Å². The SMILES string of the molecule is C=C1CC[C@H](O)C/C1=C/C=C1CCC[C@@]2(C)C1CC[C@@H]2[C@@H](C)CCCC(C)(C)O. The second kappa shape index (κ2) is 9.10. The fourth-order valence-corrected chi connectivity index (χ4v) is 6.67. The minimum atomic E-state index is -0.535. The van der Waals surface area contributed by atoms with Gasteiger partial charge in [-0.2, -0.15) is 0 Å². The van der Waals surface area contributed by atoms with Crippen LogP contribution in [0.25, 0.3) is 0 Å². The molecule has 0 bridgehead atoms. The molecule has 3 saturated carbocycles. The molecule has 2 N–H and O–H groups in total. The quantitative estimate of drug-likeness (QED) is 0.518. The van der Waals surface area contributed by atoms with Crippen LogP contribution in [0.4, 0.5) is 0 Å². The highest BCUT2D eigenvalue weighted by Gasteiger charge is 2.50. The summed E-state index contributed by atoms with van der Waals surface area (Å²) in [4.78, 5) is 0. The molecule has 0 spiro atoms. The molecule has 0 heterocycles. The first-order valence-corrected chi connectivity index (χ1v) is 12.1. The van der Waals surface area contributed by atoms with Crippen molar-refractivity contribution in [3.05, 3.63) is 35.5 Å². The van der Waals surface area contributed by atoms with Crippen molar-refractivity contribution in [2.75, 3.05) is 0 Å². The second-order valence-electron chi connectivity index (χ2n) is 11.2. The van der Waals surface area contributed by atoms with Crippen LogP contribution in [0.3, 0.4) is 0 Å². The molecule has 0 saturated heterocycles. The predicted molar refractivity (Wildman–Crippen MR) is 123 cm³/mol. The third-order valence-corrected chi connectivity index (χ3v) is 8.36. The van der Waals surface area contributed by atoms with Crippen LogP contribution in [0.1, 0.15) is 98.3 Å². The van der Waals surface area contributed by atoms with Crippen LogP contribution in [0.5, 0.6) is 0 Å². The van der Waals surface area contributed by atoms with Crippen LogP contribution >= 0.6 is 0 Å². The molecule has 3 aliphatic carbocycles. The van der Waals surface area contributed by atoms with Gasteiger partial charge >= 0.3 is 0 Å². The Bertz CT molecular complexity index is 650. The van der Waals surface area contributed by atoms with Crippen molar-refractivity contribution in [3.8, 4) is 0 Å². The minimum Gasteiger partial charge on any atom is -0.393 e. The second-order valence-corrected chi connectivity index (χ2v) is 11.2. The van der Waals surface area contributed by atoms with Crippen molar-refractivity contribution in [2.24, 2.45) is 23.2 Å². The van der Waals surface area contributed by atoms with Gasteiger partial charge in [-0.05, 0) is 100 Å². The van der Waals surface area contributed by atoms with Crippen molar-refractivity contribution >= 4 is 0 Å². The lowest BCUT2D eigenvalue weighted by atomic mass is 9.60. The van der Waals surface area contributed by atoms with Gasteiger partial charge in [0.25, 0.3) is 0 Å². The Labute approximate surface area is 179 Å². The maximum Gasteiger partial charge on any atom is 0.0591 e. The van der Waals surface area contributed by atoms with Crippen LogP contribution in [-0.4, -0.2) is 21.9 Å². The first-order chi connectivity index (χ1) is 13.6. The van der Waals surface area contributed by atoms with Crippen LogP contribution in [0, 0.1) is 23.2 Å². The topological polar surface area (TPSA) is 40.5 Å². The molecule has 2 nitrogen and oxygen atoms in total. The van der Waals surface area contributed by atoms with Gasteiger partial charge in [-0.15, -0.1) is 0 Å². The van der Waals surface area contributed by atoms with E-state index in [4.69, 9.17) is 0 Å². The molecule has 5 atom stereocenters. The Hall–Kier alpha value is -0.860. The monoisotopic (exact) mass is 400 g/mol. The van der Waals surface area contributed by atoms with Gasteiger partial charge in [0.15, 0.2) is 0 Å². The lowest BCUT2D eigenvalue weighted by molar-refractivity contribution is 0.0596. The number of aliphatic hydroxyl groups is 2. The summed E-state index contributed by atoms with van der Waals surface area (Å²) in [5.41, 5.74) is 4.02.